The van der Waals surface area contributed by atoms with Crippen LogP contribution in [-0.4, -0.2) is 31.1 Å². The maximum atomic E-state index is 12.9. The maximum Gasteiger partial charge on any atom is 0.254 e. The van der Waals surface area contributed by atoms with E-state index in [9.17, 15) is 4.79 Å². The van der Waals surface area contributed by atoms with Crippen molar-refractivity contribution in [2.24, 2.45) is 0 Å². The van der Waals surface area contributed by atoms with Gasteiger partial charge < -0.3 is 19.1 Å². The lowest BCUT2D eigenvalue weighted by molar-refractivity contribution is -0.130. The highest BCUT2D eigenvalue weighted by molar-refractivity contribution is 5.84. The number of rotatable bonds is 5. The Labute approximate surface area is 164 Å². The first-order chi connectivity index (χ1) is 13.6. The van der Waals surface area contributed by atoms with Crippen molar-refractivity contribution in [3.63, 3.8) is 0 Å². The lowest BCUT2D eigenvalue weighted by Gasteiger charge is -2.26. The van der Waals surface area contributed by atoms with Gasteiger partial charge in [-0.2, -0.15) is 0 Å². The van der Waals surface area contributed by atoms with Crippen LogP contribution in [0.4, 0.5) is 0 Å². The molecule has 0 N–H and O–H groups in total. The standard InChI is InChI=1S/C23H23NO4/c1-15-22(25)24(14-16-11-12-17-7-4-5-8-18(17)13-16)23(28-15)21-19(26-2)9-6-10-20(21)27-3/h4-13,15,23H,14H2,1-3H3/t15?,23-/m0/s1. The van der Waals surface area contributed by atoms with Gasteiger partial charge in [-0.05, 0) is 41.5 Å². The van der Waals surface area contributed by atoms with Gasteiger partial charge in [0, 0.05) is 6.54 Å². The first-order valence-electron chi connectivity index (χ1n) is 9.27. The van der Waals surface area contributed by atoms with Crippen molar-refractivity contribution in [2.75, 3.05) is 14.2 Å². The van der Waals surface area contributed by atoms with E-state index < -0.39 is 12.3 Å². The van der Waals surface area contributed by atoms with E-state index in [0.717, 1.165) is 16.5 Å². The van der Waals surface area contributed by atoms with Gasteiger partial charge in [-0.1, -0.05) is 42.5 Å². The summed E-state index contributed by atoms with van der Waals surface area (Å²) in [5, 5.41) is 2.32. The van der Waals surface area contributed by atoms with Crippen LogP contribution >= 0.6 is 0 Å². The number of nitrogens with zero attached hydrogens (tertiary/aromatic N) is 1. The monoisotopic (exact) mass is 377 g/mol. The third-order valence-corrected chi connectivity index (χ3v) is 5.13. The van der Waals surface area contributed by atoms with Gasteiger partial charge in [0.25, 0.3) is 5.91 Å². The largest absolute Gasteiger partial charge is 0.496 e. The van der Waals surface area contributed by atoms with E-state index in [0.29, 0.717) is 18.0 Å². The smallest absolute Gasteiger partial charge is 0.254 e. The minimum Gasteiger partial charge on any atom is -0.496 e. The molecule has 0 saturated carbocycles. The zero-order valence-corrected chi connectivity index (χ0v) is 16.2. The number of fused-ring (bicyclic) bond motifs is 1. The van der Waals surface area contributed by atoms with Crippen LogP contribution < -0.4 is 9.47 Å². The second-order valence-electron chi connectivity index (χ2n) is 6.85. The minimum absolute atomic E-state index is 0.0499. The van der Waals surface area contributed by atoms with E-state index in [2.05, 4.69) is 30.3 Å². The Hall–Kier alpha value is -3.05. The summed E-state index contributed by atoms with van der Waals surface area (Å²) >= 11 is 0. The quantitative estimate of drug-likeness (QED) is 0.665. The fourth-order valence-electron chi connectivity index (χ4n) is 3.72. The van der Waals surface area contributed by atoms with E-state index >= 15 is 0 Å². The highest BCUT2D eigenvalue weighted by Gasteiger charge is 2.41. The van der Waals surface area contributed by atoms with Crippen LogP contribution in [0.25, 0.3) is 10.8 Å². The number of amides is 1. The third-order valence-electron chi connectivity index (χ3n) is 5.13. The molecule has 5 heteroatoms. The van der Waals surface area contributed by atoms with Crippen LogP contribution in [0.2, 0.25) is 0 Å². The molecule has 2 atom stereocenters. The van der Waals surface area contributed by atoms with Crippen molar-refractivity contribution in [1.29, 1.82) is 0 Å². The van der Waals surface area contributed by atoms with Gasteiger partial charge in [0.2, 0.25) is 0 Å². The Bertz CT molecular complexity index is 994. The molecule has 0 radical (unpaired) electrons. The highest BCUT2D eigenvalue weighted by atomic mass is 16.5. The van der Waals surface area contributed by atoms with Gasteiger partial charge >= 0.3 is 0 Å². The molecule has 1 heterocycles. The molecular formula is C23H23NO4. The lowest BCUT2D eigenvalue weighted by atomic mass is 10.1. The molecule has 1 unspecified atom stereocenters. The molecule has 144 valence electrons. The number of hydrogen-bond donors (Lipinski definition) is 0. The summed E-state index contributed by atoms with van der Waals surface area (Å²) in [6, 6.07) is 20.0. The molecule has 3 aromatic rings. The fraction of sp³-hybridized carbons (Fsp3) is 0.261. The van der Waals surface area contributed by atoms with E-state index in [1.54, 1.807) is 26.0 Å². The second-order valence-corrected chi connectivity index (χ2v) is 6.85. The average molecular weight is 377 g/mol. The lowest BCUT2D eigenvalue weighted by Crippen LogP contribution is -2.30. The van der Waals surface area contributed by atoms with Crippen molar-refractivity contribution in [1.82, 2.24) is 4.90 Å². The topological polar surface area (TPSA) is 48.0 Å². The summed E-state index contributed by atoms with van der Waals surface area (Å²) in [5.74, 6) is 1.22. The van der Waals surface area contributed by atoms with Gasteiger partial charge in [-0.25, -0.2) is 0 Å². The predicted molar refractivity (Wildman–Crippen MR) is 107 cm³/mol. The molecular weight excluding hydrogens is 354 g/mol. The van der Waals surface area contributed by atoms with Gasteiger partial charge in [0.1, 0.15) is 17.6 Å². The molecule has 1 fully saturated rings. The van der Waals surface area contributed by atoms with Crippen molar-refractivity contribution < 1.29 is 19.0 Å². The van der Waals surface area contributed by atoms with Gasteiger partial charge in [-0.3, -0.25) is 4.79 Å². The van der Waals surface area contributed by atoms with Crippen LogP contribution in [0, 0.1) is 0 Å². The maximum absolute atomic E-state index is 12.9. The normalized spacial score (nSPS) is 19.2. The summed E-state index contributed by atoms with van der Waals surface area (Å²) < 4.78 is 17.1. The Kier molecular flexibility index (Phi) is 4.92. The van der Waals surface area contributed by atoms with Crippen LogP contribution in [-0.2, 0) is 16.1 Å². The summed E-state index contributed by atoms with van der Waals surface area (Å²) in [6.07, 6.45) is -1.10. The summed E-state index contributed by atoms with van der Waals surface area (Å²) in [7, 11) is 3.21. The molecule has 5 nitrogen and oxygen atoms in total. The summed E-state index contributed by atoms with van der Waals surface area (Å²) in [4.78, 5) is 14.6. The van der Waals surface area contributed by atoms with E-state index in [1.165, 1.54) is 5.39 Å². The molecule has 0 spiro atoms. The molecule has 1 saturated heterocycles. The summed E-state index contributed by atoms with van der Waals surface area (Å²) in [6.45, 7) is 2.22. The molecule has 4 rings (SSSR count). The zero-order chi connectivity index (χ0) is 19.7. The Morgan fingerprint density at radius 1 is 0.929 bits per heavy atom. The molecule has 1 aliphatic heterocycles. The van der Waals surface area contributed by atoms with Gasteiger partial charge in [0.05, 0.1) is 19.8 Å². The molecule has 0 aromatic heterocycles. The van der Waals surface area contributed by atoms with Gasteiger partial charge in [-0.15, -0.1) is 0 Å². The Balaban J connectivity index is 1.73. The second kappa shape index (κ2) is 7.52. The molecule has 0 aliphatic carbocycles. The molecule has 1 amide bonds. The first kappa shape index (κ1) is 18.3. The molecule has 0 bridgehead atoms. The third kappa shape index (κ3) is 3.18. The Morgan fingerprint density at radius 2 is 1.61 bits per heavy atom. The number of methoxy groups -OCH3 is 2. The van der Waals surface area contributed by atoms with Crippen LogP contribution in [0.3, 0.4) is 0 Å². The average Bonchev–Trinajstić information content (AvgIpc) is 3.01. The fourth-order valence-corrected chi connectivity index (χ4v) is 3.72. The molecule has 1 aliphatic rings. The summed E-state index contributed by atoms with van der Waals surface area (Å²) in [5.41, 5.74) is 1.77. The van der Waals surface area contributed by atoms with Crippen LogP contribution in [0.5, 0.6) is 11.5 Å². The van der Waals surface area contributed by atoms with Gasteiger partial charge in [0.15, 0.2) is 6.23 Å². The number of carbonyl (C=O) groups excluding carboxylic acids is 1. The Morgan fingerprint density at radius 3 is 2.29 bits per heavy atom. The SMILES string of the molecule is COc1cccc(OC)c1[C@@H]1OC(C)C(=O)N1Cc1ccc2ccccc2c1. The predicted octanol–water partition coefficient (Wildman–Crippen LogP) is 4.30. The minimum atomic E-state index is -0.569. The highest BCUT2D eigenvalue weighted by Crippen LogP contribution is 2.42. The molecule has 28 heavy (non-hydrogen) atoms. The molecule has 3 aromatic carbocycles. The van der Waals surface area contributed by atoms with Crippen LogP contribution in [0.1, 0.15) is 24.3 Å². The van der Waals surface area contributed by atoms with E-state index in [4.69, 9.17) is 14.2 Å². The van der Waals surface area contributed by atoms with Crippen molar-refractivity contribution in [3.05, 3.63) is 71.8 Å². The number of carbonyl (C=O) groups is 1. The van der Waals surface area contributed by atoms with Crippen LogP contribution in [0.15, 0.2) is 60.7 Å². The zero-order valence-electron chi connectivity index (χ0n) is 16.2. The van der Waals surface area contributed by atoms with E-state index in [-0.39, 0.29) is 5.91 Å². The van der Waals surface area contributed by atoms with Crippen molar-refractivity contribution in [2.45, 2.75) is 25.8 Å². The first-order valence-corrected chi connectivity index (χ1v) is 9.27. The number of hydrogen-bond acceptors (Lipinski definition) is 4. The van der Waals surface area contributed by atoms with E-state index in [1.807, 2.05) is 30.3 Å². The number of benzene rings is 3. The number of ether oxygens (including phenoxy) is 3. The van der Waals surface area contributed by atoms with Crippen molar-refractivity contribution in [3.8, 4) is 11.5 Å². The van der Waals surface area contributed by atoms with Crippen molar-refractivity contribution >= 4 is 16.7 Å².